The van der Waals surface area contributed by atoms with Gasteiger partial charge < -0.3 is 9.73 Å². The van der Waals surface area contributed by atoms with Crippen LogP contribution in [0.25, 0.3) is 66.4 Å². The molecule has 0 unspecified atom stereocenters. The first-order chi connectivity index (χ1) is 22.8. The third kappa shape index (κ3) is 4.11. The summed E-state index contributed by atoms with van der Waals surface area (Å²) in [6.07, 6.45) is 0.883. The molecule has 1 heterocycles. The van der Waals surface area contributed by atoms with Crippen molar-refractivity contribution in [2.24, 2.45) is 0 Å². The number of para-hydroxylation sites is 2. The molecule has 1 aromatic heterocycles. The molecule has 9 rings (SSSR count). The average Bonchev–Trinajstić information content (AvgIpc) is 3.70. The van der Waals surface area contributed by atoms with E-state index in [4.69, 9.17) is 4.42 Å². The molecular weight excluding hydrogens is 558 g/mol. The first kappa shape index (κ1) is 26.5. The lowest BCUT2D eigenvalue weighted by Crippen LogP contribution is -2.04. The normalized spacial score (nSPS) is 11.9. The number of nitrogens with one attached hydrogen (secondary N) is 1. The SMILES string of the molecule is Cc1c2c(c(Nc3ccccc3-c3cccc4oc5ccccc5c34)c(-c3ccccc3)c1-c1ccccc1)Cc1ccccc1-2. The van der Waals surface area contributed by atoms with Gasteiger partial charge in [-0.15, -0.1) is 0 Å². The van der Waals surface area contributed by atoms with Gasteiger partial charge in [-0.3, -0.25) is 0 Å². The Hall–Kier alpha value is -5.86. The number of hydrogen-bond acceptors (Lipinski definition) is 2. The summed E-state index contributed by atoms with van der Waals surface area (Å²) < 4.78 is 6.30. The third-order valence-electron chi connectivity index (χ3n) is 9.51. The van der Waals surface area contributed by atoms with Crippen LogP contribution in [0.1, 0.15) is 16.7 Å². The van der Waals surface area contributed by atoms with E-state index in [0.717, 1.165) is 45.2 Å². The highest BCUT2D eigenvalue weighted by atomic mass is 16.3. The maximum Gasteiger partial charge on any atom is 0.136 e. The molecule has 218 valence electrons. The minimum Gasteiger partial charge on any atom is -0.456 e. The molecule has 1 aliphatic rings. The van der Waals surface area contributed by atoms with Crippen LogP contribution in [-0.4, -0.2) is 0 Å². The summed E-state index contributed by atoms with van der Waals surface area (Å²) in [5, 5.41) is 6.36. The smallest absolute Gasteiger partial charge is 0.136 e. The first-order valence-electron chi connectivity index (χ1n) is 15.9. The Bertz CT molecular complexity index is 2420. The molecule has 0 aliphatic heterocycles. The molecule has 1 aliphatic carbocycles. The van der Waals surface area contributed by atoms with Gasteiger partial charge >= 0.3 is 0 Å². The Morgan fingerprint density at radius 3 is 1.91 bits per heavy atom. The summed E-state index contributed by atoms with van der Waals surface area (Å²) in [6.45, 7) is 2.30. The maximum absolute atomic E-state index is 6.30. The maximum atomic E-state index is 6.30. The monoisotopic (exact) mass is 589 g/mol. The predicted molar refractivity (Wildman–Crippen MR) is 193 cm³/mol. The predicted octanol–water partition coefficient (Wildman–Crippen LogP) is 12.2. The van der Waals surface area contributed by atoms with Gasteiger partial charge in [0.05, 0.1) is 5.69 Å². The Labute approximate surface area is 268 Å². The van der Waals surface area contributed by atoms with E-state index < -0.39 is 0 Å². The standard InChI is InChI=1S/C44H31NO/c1-28-40(29-15-4-2-5-16-29)42(30-17-6-3-7-18-30)44(36-27-31-19-8-9-20-32(31)41(28)36)45-37-24-12-10-21-33(37)34-23-14-26-39-43(34)35-22-11-13-25-38(35)46-39/h2-26,45H,27H2,1H3. The molecular formula is C44H31NO. The lowest BCUT2D eigenvalue weighted by Gasteiger charge is -2.25. The van der Waals surface area contributed by atoms with E-state index in [2.05, 4.69) is 152 Å². The summed E-state index contributed by atoms with van der Waals surface area (Å²) in [7, 11) is 0. The van der Waals surface area contributed by atoms with Gasteiger partial charge in [0.15, 0.2) is 0 Å². The number of benzene rings is 7. The molecule has 0 spiro atoms. The summed E-state index contributed by atoms with van der Waals surface area (Å²) in [5.41, 5.74) is 18.0. The van der Waals surface area contributed by atoms with Crippen molar-refractivity contribution in [1.82, 2.24) is 0 Å². The fourth-order valence-electron chi connectivity index (χ4n) is 7.55. The number of rotatable bonds is 5. The van der Waals surface area contributed by atoms with Gasteiger partial charge in [-0.05, 0) is 75.2 Å². The van der Waals surface area contributed by atoms with Crippen LogP contribution in [0.3, 0.4) is 0 Å². The van der Waals surface area contributed by atoms with E-state index in [1.807, 2.05) is 12.1 Å². The largest absolute Gasteiger partial charge is 0.456 e. The van der Waals surface area contributed by atoms with Crippen LogP contribution < -0.4 is 5.32 Å². The van der Waals surface area contributed by atoms with Crippen LogP contribution in [-0.2, 0) is 6.42 Å². The van der Waals surface area contributed by atoms with Gasteiger partial charge in [0.25, 0.3) is 0 Å². The zero-order chi connectivity index (χ0) is 30.6. The molecule has 2 heteroatoms. The van der Waals surface area contributed by atoms with E-state index >= 15 is 0 Å². The lowest BCUT2D eigenvalue weighted by atomic mass is 9.83. The molecule has 0 amide bonds. The van der Waals surface area contributed by atoms with E-state index in [1.165, 1.54) is 55.8 Å². The van der Waals surface area contributed by atoms with Crippen LogP contribution in [0, 0.1) is 6.92 Å². The van der Waals surface area contributed by atoms with Crippen molar-refractivity contribution in [2.45, 2.75) is 13.3 Å². The first-order valence-corrected chi connectivity index (χ1v) is 15.9. The van der Waals surface area contributed by atoms with Gasteiger partial charge in [-0.1, -0.05) is 133 Å². The van der Waals surface area contributed by atoms with Gasteiger partial charge in [-0.25, -0.2) is 0 Å². The third-order valence-corrected chi connectivity index (χ3v) is 9.51. The number of anilines is 2. The minimum atomic E-state index is 0.883. The van der Waals surface area contributed by atoms with Crippen molar-refractivity contribution in [3.8, 4) is 44.5 Å². The van der Waals surface area contributed by atoms with Gasteiger partial charge in [0.1, 0.15) is 11.2 Å². The van der Waals surface area contributed by atoms with E-state index in [1.54, 1.807) is 0 Å². The number of furan rings is 1. The summed E-state index contributed by atoms with van der Waals surface area (Å²) >= 11 is 0. The van der Waals surface area contributed by atoms with Crippen LogP contribution in [0.2, 0.25) is 0 Å². The van der Waals surface area contributed by atoms with Crippen molar-refractivity contribution in [3.05, 3.63) is 168 Å². The van der Waals surface area contributed by atoms with Crippen molar-refractivity contribution in [3.63, 3.8) is 0 Å². The van der Waals surface area contributed by atoms with E-state index in [-0.39, 0.29) is 0 Å². The Balaban J connectivity index is 1.34. The molecule has 0 saturated heterocycles. The second-order valence-corrected chi connectivity index (χ2v) is 12.1. The van der Waals surface area contributed by atoms with E-state index in [9.17, 15) is 0 Å². The van der Waals surface area contributed by atoms with Crippen molar-refractivity contribution >= 4 is 33.3 Å². The molecule has 46 heavy (non-hydrogen) atoms. The Morgan fingerprint density at radius 2 is 1.11 bits per heavy atom. The molecule has 0 saturated carbocycles. The van der Waals surface area contributed by atoms with Crippen molar-refractivity contribution in [1.29, 1.82) is 0 Å². The summed E-state index contributed by atoms with van der Waals surface area (Å²) in [5.74, 6) is 0. The van der Waals surface area contributed by atoms with Crippen molar-refractivity contribution < 1.29 is 4.42 Å². The van der Waals surface area contributed by atoms with Crippen LogP contribution >= 0.6 is 0 Å². The molecule has 0 atom stereocenters. The molecule has 0 fully saturated rings. The van der Waals surface area contributed by atoms with E-state index in [0.29, 0.717) is 0 Å². The zero-order valence-corrected chi connectivity index (χ0v) is 25.5. The molecule has 0 bridgehead atoms. The topological polar surface area (TPSA) is 25.2 Å². The fraction of sp³-hybridized carbons (Fsp3) is 0.0455. The highest BCUT2D eigenvalue weighted by Gasteiger charge is 2.30. The highest BCUT2D eigenvalue weighted by molar-refractivity contribution is 6.14. The number of fused-ring (bicyclic) bond motifs is 6. The van der Waals surface area contributed by atoms with Gasteiger partial charge in [0, 0.05) is 34.0 Å². The van der Waals surface area contributed by atoms with Crippen LogP contribution in [0.4, 0.5) is 11.4 Å². The molecule has 7 aromatic carbocycles. The average molecular weight is 590 g/mol. The minimum absolute atomic E-state index is 0.883. The summed E-state index contributed by atoms with van der Waals surface area (Å²) in [4.78, 5) is 0. The zero-order valence-electron chi connectivity index (χ0n) is 25.5. The molecule has 1 N–H and O–H groups in total. The lowest BCUT2D eigenvalue weighted by molar-refractivity contribution is 0.669. The van der Waals surface area contributed by atoms with Gasteiger partial charge in [-0.2, -0.15) is 0 Å². The van der Waals surface area contributed by atoms with Crippen molar-refractivity contribution in [2.75, 3.05) is 5.32 Å². The Kier molecular flexibility index (Phi) is 6.14. The second-order valence-electron chi connectivity index (χ2n) is 12.1. The van der Waals surface area contributed by atoms with Crippen LogP contribution in [0.15, 0.2) is 156 Å². The number of hydrogen-bond donors (Lipinski definition) is 1. The molecule has 2 nitrogen and oxygen atoms in total. The quantitative estimate of drug-likeness (QED) is 0.216. The van der Waals surface area contributed by atoms with Gasteiger partial charge in [0.2, 0.25) is 0 Å². The second kappa shape index (κ2) is 10.6. The fourth-order valence-corrected chi connectivity index (χ4v) is 7.55. The Morgan fingerprint density at radius 1 is 0.500 bits per heavy atom. The molecule has 8 aromatic rings. The van der Waals surface area contributed by atoms with Crippen LogP contribution in [0.5, 0.6) is 0 Å². The molecule has 0 radical (unpaired) electrons. The highest BCUT2D eigenvalue weighted by Crippen LogP contribution is 2.53. The summed E-state index contributed by atoms with van der Waals surface area (Å²) in [6, 6.07) is 54.0.